The van der Waals surface area contributed by atoms with E-state index in [1.807, 2.05) is 36.5 Å². The van der Waals surface area contributed by atoms with E-state index < -0.39 is 0 Å². The highest BCUT2D eigenvalue weighted by atomic mass is 32.1. The highest BCUT2D eigenvalue weighted by Gasteiger charge is 2.15. The third-order valence-corrected chi connectivity index (χ3v) is 3.59. The van der Waals surface area contributed by atoms with Gasteiger partial charge in [-0.25, -0.2) is 0 Å². The summed E-state index contributed by atoms with van der Waals surface area (Å²) in [5.74, 6) is 0. The topological polar surface area (TPSA) is 16.8 Å². The highest BCUT2D eigenvalue weighted by molar-refractivity contribution is 7.20. The van der Waals surface area contributed by atoms with Gasteiger partial charge in [-0.3, -0.25) is 0 Å². The van der Waals surface area contributed by atoms with E-state index in [0.717, 1.165) is 10.6 Å². The first-order valence-corrected chi connectivity index (χ1v) is 5.99. The number of pyridine rings is 1. The minimum absolute atomic E-state index is 1.03. The minimum atomic E-state index is 1.03. The molecule has 3 heteroatoms. The molecule has 16 heavy (non-hydrogen) atoms. The molecule has 1 aromatic carbocycles. The molecule has 2 nitrogen and oxygen atoms in total. The van der Waals surface area contributed by atoms with E-state index in [2.05, 4.69) is 28.6 Å². The number of nitrogens with zero attached hydrogens (tertiary/aromatic N) is 2. The van der Waals surface area contributed by atoms with Gasteiger partial charge in [0.05, 0.1) is 10.9 Å². The van der Waals surface area contributed by atoms with Crippen molar-refractivity contribution >= 4 is 21.6 Å². The van der Waals surface area contributed by atoms with Crippen LogP contribution in [0.3, 0.4) is 0 Å². The first-order chi connectivity index (χ1) is 7.84. The van der Waals surface area contributed by atoms with Crippen LogP contribution >= 0.6 is 11.3 Å². The van der Waals surface area contributed by atoms with Crippen LogP contribution in [-0.2, 0) is 0 Å². The van der Waals surface area contributed by atoms with E-state index in [9.17, 15) is 0 Å². The van der Waals surface area contributed by atoms with E-state index >= 15 is 0 Å². The predicted octanol–water partition coefficient (Wildman–Crippen LogP) is 2.88. The van der Waals surface area contributed by atoms with Crippen molar-refractivity contribution < 1.29 is 4.57 Å². The Morgan fingerprint density at radius 3 is 2.69 bits per heavy atom. The second kappa shape index (κ2) is 3.68. The molecule has 3 rings (SSSR count). The molecule has 2 heterocycles. The fraction of sp³-hybridized carbons (Fsp3) is 0.0769. The Hall–Kier alpha value is -1.74. The van der Waals surface area contributed by atoms with Gasteiger partial charge in [-0.15, -0.1) is 0 Å². The number of thiazole rings is 1. The maximum absolute atomic E-state index is 4.63. The number of rotatable bonds is 1. The maximum Gasteiger partial charge on any atom is 0.388 e. The average Bonchev–Trinajstić information content (AvgIpc) is 2.73. The van der Waals surface area contributed by atoms with E-state index in [1.54, 1.807) is 11.3 Å². The van der Waals surface area contributed by atoms with Gasteiger partial charge < -0.3 is 0 Å². The van der Waals surface area contributed by atoms with Crippen LogP contribution in [0.5, 0.6) is 0 Å². The molecule has 0 aliphatic rings. The number of benzene rings is 1. The first-order valence-electron chi connectivity index (χ1n) is 5.18. The minimum Gasteiger partial charge on any atom is -0.191 e. The standard InChI is InChI=1S/C13H11N2S/c1-10-6-4-5-9-15(10)13-14-11-7-2-3-8-12(11)16-13/h2-9H,1H3/q+1. The number of aryl methyl sites for hydroxylation is 1. The second-order valence-corrected chi connectivity index (χ2v) is 4.69. The summed E-state index contributed by atoms with van der Waals surface area (Å²) in [6.07, 6.45) is 2.05. The molecule has 0 saturated heterocycles. The molecule has 0 radical (unpaired) electrons. The lowest BCUT2D eigenvalue weighted by Crippen LogP contribution is -2.33. The normalized spacial score (nSPS) is 10.8. The average molecular weight is 227 g/mol. The number of aromatic nitrogens is 2. The number of hydrogen-bond donors (Lipinski definition) is 0. The fourth-order valence-electron chi connectivity index (χ4n) is 1.71. The summed E-state index contributed by atoms with van der Waals surface area (Å²) in [4.78, 5) is 4.63. The molecule has 0 N–H and O–H groups in total. The van der Waals surface area contributed by atoms with Crippen LogP contribution in [0.15, 0.2) is 48.7 Å². The fourth-order valence-corrected chi connectivity index (χ4v) is 2.71. The third-order valence-electron chi connectivity index (χ3n) is 2.55. The van der Waals surface area contributed by atoms with Gasteiger partial charge in [-0.2, -0.15) is 4.57 Å². The molecule has 78 valence electrons. The van der Waals surface area contributed by atoms with E-state index in [-0.39, 0.29) is 0 Å². The third kappa shape index (κ3) is 1.49. The molecule has 0 bridgehead atoms. The van der Waals surface area contributed by atoms with Crippen molar-refractivity contribution in [1.29, 1.82) is 0 Å². The Morgan fingerprint density at radius 1 is 1.06 bits per heavy atom. The summed E-state index contributed by atoms with van der Waals surface area (Å²) in [6, 6.07) is 14.4. The summed E-state index contributed by atoms with van der Waals surface area (Å²) in [7, 11) is 0. The molecule has 0 aliphatic carbocycles. The Balaban J connectivity index is 2.23. The van der Waals surface area contributed by atoms with Crippen LogP contribution in [-0.4, -0.2) is 4.98 Å². The van der Waals surface area contributed by atoms with Gasteiger partial charge in [-0.1, -0.05) is 18.2 Å². The van der Waals surface area contributed by atoms with Crippen LogP contribution in [0.25, 0.3) is 15.3 Å². The number of hydrogen-bond acceptors (Lipinski definition) is 2. The van der Waals surface area contributed by atoms with Gasteiger partial charge in [-0.05, 0) is 47.5 Å². The molecular formula is C13H11N2S+. The van der Waals surface area contributed by atoms with Crippen molar-refractivity contribution in [1.82, 2.24) is 4.98 Å². The Bertz CT molecular complexity index is 610. The number of para-hydroxylation sites is 1. The smallest absolute Gasteiger partial charge is 0.191 e. The lowest BCUT2D eigenvalue weighted by Gasteiger charge is -1.95. The van der Waals surface area contributed by atoms with Crippen molar-refractivity contribution in [2.45, 2.75) is 6.92 Å². The van der Waals surface area contributed by atoms with Gasteiger partial charge in [0.2, 0.25) is 0 Å². The lowest BCUT2D eigenvalue weighted by molar-refractivity contribution is -0.602. The largest absolute Gasteiger partial charge is 0.388 e. The molecular weight excluding hydrogens is 216 g/mol. The van der Waals surface area contributed by atoms with Crippen LogP contribution in [0.4, 0.5) is 0 Å². The zero-order valence-electron chi connectivity index (χ0n) is 8.92. The van der Waals surface area contributed by atoms with Crippen molar-refractivity contribution in [2.24, 2.45) is 0 Å². The summed E-state index contributed by atoms with van der Waals surface area (Å²) in [5, 5.41) is 1.03. The van der Waals surface area contributed by atoms with Gasteiger partial charge >= 0.3 is 5.13 Å². The monoisotopic (exact) mass is 227 g/mol. The molecule has 0 atom stereocenters. The molecule has 0 saturated carbocycles. The zero-order valence-corrected chi connectivity index (χ0v) is 9.74. The molecule has 0 unspecified atom stereocenters. The van der Waals surface area contributed by atoms with Crippen molar-refractivity contribution in [3.05, 3.63) is 54.4 Å². The Morgan fingerprint density at radius 2 is 1.88 bits per heavy atom. The second-order valence-electron chi connectivity index (χ2n) is 3.68. The van der Waals surface area contributed by atoms with Gasteiger partial charge in [0.25, 0.3) is 0 Å². The Labute approximate surface area is 97.8 Å². The van der Waals surface area contributed by atoms with Gasteiger partial charge in [0.15, 0.2) is 5.52 Å². The van der Waals surface area contributed by atoms with Crippen molar-refractivity contribution in [2.75, 3.05) is 0 Å². The molecule has 0 spiro atoms. The summed E-state index contributed by atoms with van der Waals surface area (Å²) < 4.78 is 3.35. The highest BCUT2D eigenvalue weighted by Crippen LogP contribution is 2.21. The zero-order chi connectivity index (χ0) is 11.0. The molecule has 0 aliphatic heterocycles. The maximum atomic E-state index is 4.63. The number of fused-ring (bicyclic) bond motifs is 1. The van der Waals surface area contributed by atoms with Crippen molar-refractivity contribution in [3.8, 4) is 5.13 Å². The van der Waals surface area contributed by atoms with Crippen LogP contribution in [0, 0.1) is 6.92 Å². The van der Waals surface area contributed by atoms with Crippen LogP contribution in [0.1, 0.15) is 5.69 Å². The molecule has 0 amide bonds. The molecule has 0 fully saturated rings. The molecule has 3 aromatic rings. The van der Waals surface area contributed by atoms with E-state index in [1.165, 1.54) is 10.4 Å². The quantitative estimate of drug-likeness (QED) is 0.584. The predicted molar refractivity (Wildman–Crippen MR) is 65.9 cm³/mol. The van der Waals surface area contributed by atoms with E-state index in [0.29, 0.717) is 0 Å². The van der Waals surface area contributed by atoms with Gasteiger partial charge in [0.1, 0.15) is 5.69 Å². The van der Waals surface area contributed by atoms with Crippen LogP contribution < -0.4 is 4.57 Å². The van der Waals surface area contributed by atoms with Gasteiger partial charge in [0, 0.05) is 0 Å². The lowest BCUT2D eigenvalue weighted by atomic mass is 10.3. The summed E-state index contributed by atoms with van der Waals surface area (Å²) >= 11 is 1.72. The summed E-state index contributed by atoms with van der Waals surface area (Å²) in [5.41, 5.74) is 2.26. The Kier molecular flexibility index (Phi) is 2.18. The summed E-state index contributed by atoms with van der Waals surface area (Å²) in [6.45, 7) is 2.09. The van der Waals surface area contributed by atoms with Crippen LogP contribution in [0.2, 0.25) is 0 Å². The van der Waals surface area contributed by atoms with E-state index in [4.69, 9.17) is 0 Å². The SMILES string of the molecule is Cc1cccc[n+]1-c1nc2ccccc2s1. The first kappa shape index (κ1) is 9.48. The van der Waals surface area contributed by atoms with Crippen molar-refractivity contribution in [3.63, 3.8) is 0 Å². The molecule has 2 aromatic heterocycles.